The van der Waals surface area contributed by atoms with Gasteiger partial charge in [-0.25, -0.2) is 13.2 Å². The van der Waals surface area contributed by atoms with Crippen molar-refractivity contribution in [1.29, 1.82) is 5.26 Å². The molecule has 2 N–H and O–H groups in total. The van der Waals surface area contributed by atoms with Gasteiger partial charge < -0.3 is 20.1 Å². The number of nitriles is 1. The summed E-state index contributed by atoms with van der Waals surface area (Å²) in [5.74, 6) is -0.878. The molecule has 0 amide bonds. The molecule has 2 aromatic heterocycles. The van der Waals surface area contributed by atoms with Crippen LogP contribution in [-0.2, 0) is 0 Å². The molecule has 1 fully saturated rings. The summed E-state index contributed by atoms with van der Waals surface area (Å²) in [6, 6.07) is 4.10. The molecule has 1 saturated heterocycles. The first kappa shape index (κ1) is 26.7. The van der Waals surface area contributed by atoms with Crippen LogP contribution in [0.25, 0.3) is 32.1 Å². The number of ether oxygens (including phenoxy) is 2. The minimum absolute atomic E-state index is 0.0319. The van der Waals surface area contributed by atoms with Gasteiger partial charge in [-0.15, -0.1) is 11.3 Å². The molecule has 8 nitrogen and oxygen atoms in total. The molecular weight excluding hydrogens is 565 g/mol. The molecule has 13 heteroatoms. The Bertz CT molecular complexity index is 1730. The number of nitrogens with two attached hydrogens (primary N) is 1. The summed E-state index contributed by atoms with van der Waals surface area (Å²) in [6.07, 6.45) is -0.641. The van der Waals surface area contributed by atoms with Crippen LogP contribution in [0.4, 0.5) is 24.0 Å². The molecule has 0 aliphatic carbocycles. The van der Waals surface area contributed by atoms with E-state index in [4.69, 9.17) is 26.8 Å². The third-order valence-corrected chi connectivity index (χ3v) is 9.04. The van der Waals surface area contributed by atoms with E-state index >= 15 is 4.39 Å². The third kappa shape index (κ3) is 4.06. The van der Waals surface area contributed by atoms with E-state index in [1.165, 1.54) is 12.1 Å². The van der Waals surface area contributed by atoms with Gasteiger partial charge in [-0.1, -0.05) is 17.7 Å². The predicted octanol–water partition coefficient (Wildman–Crippen LogP) is 5.54. The van der Waals surface area contributed by atoms with Crippen molar-refractivity contribution in [2.75, 3.05) is 44.5 Å². The summed E-state index contributed by atoms with van der Waals surface area (Å²) >= 11 is 7.75. The van der Waals surface area contributed by atoms with Crippen molar-refractivity contribution in [3.05, 3.63) is 34.4 Å². The standard InChI is InChI=1S/C27H24ClF3N6O2S/c1-11-9-38-23-19-22(34-27(35-26(19)37(11)3)39-10-13-6-12(29)8-36(13)2)21(31)18(20(23)28)14-4-5-16(30)24-17(14)15(7-32)25(33)40-24/h4-5,11-13H,6,8-10,33H2,1-3H3/t11-,12+,13-/m0/s1. The zero-order valence-corrected chi connectivity index (χ0v) is 23.3. The predicted molar refractivity (Wildman–Crippen MR) is 149 cm³/mol. The Kier molecular flexibility index (Phi) is 6.56. The van der Waals surface area contributed by atoms with Gasteiger partial charge in [0.15, 0.2) is 11.6 Å². The van der Waals surface area contributed by atoms with Crippen LogP contribution < -0.4 is 20.1 Å². The topological polar surface area (TPSA) is 101 Å². The maximum Gasteiger partial charge on any atom is 0.319 e. The van der Waals surface area contributed by atoms with E-state index in [0.29, 0.717) is 18.8 Å². The Balaban J connectivity index is 1.60. The lowest BCUT2D eigenvalue weighted by Gasteiger charge is -2.24. The minimum atomic E-state index is -0.952. The quantitative estimate of drug-likeness (QED) is 0.332. The summed E-state index contributed by atoms with van der Waals surface area (Å²) in [7, 11) is 3.61. The highest BCUT2D eigenvalue weighted by Crippen LogP contribution is 2.50. The van der Waals surface area contributed by atoms with Crippen LogP contribution >= 0.6 is 22.9 Å². The van der Waals surface area contributed by atoms with Crippen molar-refractivity contribution in [3.63, 3.8) is 0 Å². The zero-order chi connectivity index (χ0) is 28.5. The second-order valence-corrected chi connectivity index (χ2v) is 11.6. The number of hydrogen-bond acceptors (Lipinski definition) is 9. The Morgan fingerprint density at radius 2 is 2.05 bits per heavy atom. The van der Waals surface area contributed by atoms with Crippen LogP contribution in [0.1, 0.15) is 18.9 Å². The molecule has 0 bridgehead atoms. The Hall–Kier alpha value is -3.53. The van der Waals surface area contributed by atoms with E-state index in [0.717, 1.165) is 11.3 Å². The molecule has 0 radical (unpaired) electrons. The molecule has 0 saturated carbocycles. The van der Waals surface area contributed by atoms with Gasteiger partial charge in [-0.05, 0) is 32.0 Å². The average molecular weight is 589 g/mol. The van der Waals surface area contributed by atoms with E-state index in [9.17, 15) is 14.0 Å². The van der Waals surface area contributed by atoms with Crippen molar-refractivity contribution >= 4 is 54.7 Å². The molecule has 6 rings (SSSR count). The van der Waals surface area contributed by atoms with Crippen LogP contribution in [-0.4, -0.2) is 67.0 Å². The van der Waals surface area contributed by atoms with Crippen molar-refractivity contribution in [1.82, 2.24) is 14.9 Å². The van der Waals surface area contributed by atoms with Gasteiger partial charge in [-0.2, -0.15) is 15.2 Å². The largest absolute Gasteiger partial charge is 0.489 e. The summed E-state index contributed by atoms with van der Waals surface area (Å²) in [6.45, 7) is 2.54. The van der Waals surface area contributed by atoms with Gasteiger partial charge in [0.2, 0.25) is 0 Å². The van der Waals surface area contributed by atoms with Gasteiger partial charge in [-0.3, -0.25) is 4.90 Å². The SMILES string of the molecule is C[C@H]1COc2c(Cl)c(-c3ccc(F)c4sc(N)c(C#N)c34)c(F)c3nc(OC[C@@H]4C[C@@H](F)CN4C)nc(c23)N1C. The molecule has 0 unspecified atom stereocenters. The molecule has 2 aliphatic heterocycles. The fraction of sp³-hybridized carbons (Fsp3) is 0.370. The van der Waals surface area contributed by atoms with Crippen molar-refractivity contribution in [2.24, 2.45) is 0 Å². The van der Waals surface area contributed by atoms with Gasteiger partial charge in [0.05, 0.1) is 26.7 Å². The Labute approximate surface area is 236 Å². The van der Waals surface area contributed by atoms with Gasteiger partial charge in [0.25, 0.3) is 0 Å². The van der Waals surface area contributed by atoms with Crippen LogP contribution in [0, 0.1) is 23.0 Å². The van der Waals surface area contributed by atoms with Crippen LogP contribution in [0.2, 0.25) is 5.02 Å². The highest BCUT2D eigenvalue weighted by atomic mass is 35.5. The first-order valence-corrected chi connectivity index (χ1v) is 13.8. The lowest BCUT2D eigenvalue weighted by Crippen LogP contribution is -2.33. The number of nitrogen functional groups attached to an aromatic ring is 1. The summed E-state index contributed by atoms with van der Waals surface area (Å²) in [4.78, 5) is 12.7. The number of hydrogen-bond donors (Lipinski definition) is 1. The number of fused-ring (bicyclic) bond motifs is 1. The molecule has 4 heterocycles. The van der Waals surface area contributed by atoms with Crippen molar-refractivity contribution in [3.8, 4) is 29.0 Å². The van der Waals surface area contributed by atoms with Crippen LogP contribution in [0.3, 0.4) is 0 Å². The van der Waals surface area contributed by atoms with E-state index in [-0.39, 0.29) is 84.8 Å². The first-order chi connectivity index (χ1) is 19.1. The number of nitrogens with zero attached hydrogens (tertiary/aromatic N) is 5. The second kappa shape index (κ2) is 9.83. The fourth-order valence-corrected chi connectivity index (χ4v) is 6.62. The van der Waals surface area contributed by atoms with E-state index in [1.54, 1.807) is 7.05 Å². The first-order valence-electron chi connectivity index (χ1n) is 12.6. The lowest BCUT2D eigenvalue weighted by molar-refractivity contribution is 0.188. The fourth-order valence-electron chi connectivity index (χ4n) is 5.34. The normalized spacial score (nSPS) is 21.1. The van der Waals surface area contributed by atoms with Crippen LogP contribution in [0.15, 0.2) is 12.1 Å². The molecule has 0 spiro atoms. The molecule has 3 atom stereocenters. The van der Waals surface area contributed by atoms with E-state index in [2.05, 4.69) is 9.97 Å². The van der Waals surface area contributed by atoms with Crippen molar-refractivity contribution < 1.29 is 22.6 Å². The molecule has 2 aromatic carbocycles. The molecular formula is C27H24ClF3N6O2S. The highest BCUT2D eigenvalue weighted by Gasteiger charge is 2.34. The summed E-state index contributed by atoms with van der Waals surface area (Å²) in [5.41, 5.74) is 6.01. The van der Waals surface area contributed by atoms with E-state index in [1.807, 2.05) is 29.8 Å². The maximum atomic E-state index is 16.6. The Morgan fingerprint density at radius 3 is 2.75 bits per heavy atom. The van der Waals surface area contributed by atoms with E-state index < -0.39 is 17.8 Å². The van der Waals surface area contributed by atoms with Gasteiger partial charge >= 0.3 is 6.01 Å². The average Bonchev–Trinajstić information content (AvgIpc) is 3.40. The second-order valence-electron chi connectivity index (χ2n) is 10.1. The smallest absolute Gasteiger partial charge is 0.319 e. The molecule has 208 valence electrons. The number of benzene rings is 2. The number of thiophene rings is 1. The summed E-state index contributed by atoms with van der Waals surface area (Å²) < 4.78 is 57.4. The third-order valence-electron chi connectivity index (χ3n) is 7.65. The molecule has 40 heavy (non-hydrogen) atoms. The number of likely N-dealkylation sites (tertiary alicyclic amines) is 1. The summed E-state index contributed by atoms with van der Waals surface area (Å²) in [5, 5.41) is 10.2. The van der Waals surface area contributed by atoms with Crippen molar-refractivity contribution in [2.45, 2.75) is 31.6 Å². The highest BCUT2D eigenvalue weighted by molar-refractivity contribution is 7.23. The van der Waals surface area contributed by atoms with Gasteiger partial charge in [0.1, 0.15) is 47.6 Å². The maximum absolute atomic E-state index is 16.6. The number of anilines is 2. The van der Waals surface area contributed by atoms with Gasteiger partial charge in [0, 0.05) is 30.6 Å². The molecule has 2 aliphatic rings. The number of halogens is 4. The Morgan fingerprint density at radius 1 is 1.27 bits per heavy atom. The lowest BCUT2D eigenvalue weighted by atomic mass is 9.96. The minimum Gasteiger partial charge on any atom is -0.489 e. The number of alkyl halides is 1. The van der Waals surface area contributed by atoms with Crippen LogP contribution in [0.5, 0.6) is 11.8 Å². The number of rotatable bonds is 4. The molecule has 4 aromatic rings. The monoisotopic (exact) mass is 588 g/mol. The zero-order valence-electron chi connectivity index (χ0n) is 21.8. The number of aromatic nitrogens is 2. The number of likely N-dealkylation sites (N-methyl/N-ethyl adjacent to an activating group) is 2.